The van der Waals surface area contributed by atoms with E-state index in [0.29, 0.717) is 13.0 Å². The van der Waals surface area contributed by atoms with E-state index >= 15 is 0 Å². The number of carbonyl (C=O) groups is 1. The number of methoxy groups -OCH3 is 1. The Morgan fingerprint density at radius 1 is 1.56 bits per heavy atom. The standard InChI is InChI=1S/C12H17NO2S/c1-15-12(14)10(8-13)6-9-4-3-5-11(7-9)16-2/h3-5,7,10H,6,8,13H2,1-2H3. The lowest BCUT2D eigenvalue weighted by atomic mass is 10.00. The zero-order chi connectivity index (χ0) is 12.0. The summed E-state index contributed by atoms with van der Waals surface area (Å²) in [5.41, 5.74) is 6.68. The summed E-state index contributed by atoms with van der Waals surface area (Å²) in [7, 11) is 1.39. The van der Waals surface area contributed by atoms with Gasteiger partial charge in [-0.1, -0.05) is 12.1 Å². The molecule has 0 heterocycles. The van der Waals surface area contributed by atoms with Gasteiger partial charge in [0.15, 0.2) is 0 Å². The van der Waals surface area contributed by atoms with Crippen LogP contribution in [0.1, 0.15) is 5.56 Å². The molecule has 1 aromatic rings. The first kappa shape index (κ1) is 13.1. The van der Waals surface area contributed by atoms with Crippen LogP contribution in [0, 0.1) is 5.92 Å². The van der Waals surface area contributed by atoms with E-state index in [1.165, 1.54) is 12.0 Å². The number of benzene rings is 1. The molecule has 0 aliphatic carbocycles. The maximum atomic E-state index is 11.4. The third kappa shape index (κ3) is 3.54. The largest absolute Gasteiger partial charge is 0.469 e. The van der Waals surface area contributed by atoms with Gasteiger partial charge in [-0.2, -0.15) is 0 Å². The predicted octanol–water partition coefficient (Wildman–Crippen LogP) is 1.70. The maximum absolute atomic E-state index is 11.4. The van der Waals surface area contributed by atoms with E-state index in [9.17, 15) is 4.79 Å². The SMILES string of the molecule is COC(=O)C(CN)Cc1cccc(SC)c1. The smallest absolute Gasteiger partial charge is 0.310 e. The number of ether oxygens (including phenoxy) is 1. The fourth-order valence-electron chi connectivity index (χ4n) is 1.51. The Morgan fingerprint density at radius 3 is 2.88 bits per heavy atom. The Bertz CT molecular complexity index is 355. The quantitative estimate of drug-likeness (QED) is 0.627. The number of carbonyl (C=O) groups excluding carboxylic acids is 1. The molecule has 0 bridgehead atoms. The van der Waals surface area contributed by atoms with Gasteiger partial charge >= 0.3 is 5.97 Å². The van der Waals surface area contributed by atoms with Crippen LogP contribution in [0.2, 0.25) is 0 Å². The minimum atomic E-state index is -0.248. The molecule has 16 heavy (non-hydrogen) atoms. The molecule has 0 aliphatic rings. The Hall–Kier alpha value is -1.00. The van der Waals surface area contributed by atoms with Crippen molar-refractivity contribution in [3.05, 3.63) is 29.8 Å². The molecule has 3 nitrogen and oxygen atoms in total. The van der Waals surface area contributed by atoms with E-state index in [2.05, 4.69) is 6.07 Å². The van der Waals surface area contributed by atoms with Crippen LogP contribution in [-0.4, -0.2) is 25.9 Å². The highest BCUT2D eigenvalue weighted by atomic mass is 32.2. The average Bonchev–Trinajstić information content (AvgIpc) is 2.35. The lowest BCUT2D eigenvalue weighted by Gasteiger charge is -2.12. The second-order valence-electron chi connectivity index (χ2n) is 3.51. The Kier molecular flexibility index (Phi) is 5.35. The third-order valence-corrected chi connectivity index (χ3v) is 3.16. The molecule has 2 N–H and O–H groups in total. The lowest BCUT2D eigenvalue weighted by molar-refractivity contribution is -0.145. The van der Waals surface area contributed by atoms with E-state index in [1.54, 1.807) is 11.8 Å². The van der Waals surface area contributed by atoms with Crippen LogP contribution in [-0.2, 0) is 16.0 Å². The molecule has 1 atom stereocenters. The van der Waals surface area contributed by atoms with Crippen molar-refractivity contribution in [1.29, 1.82) is 0 Å². The highest BCUT2D eigenvalue weighted by Crippen LogP contribution is 2.18. The fourth-order valence-corrected chi connectivity index (χ4v) is 2.00. The molecule has 1 aromatic carbocycles. The zero-order valence-corrected chi connectivity index (χ0v) is 10.4. The van der Waals surface area contributed by atoms with Gasteiger partial charge in [-0.25, -0.2) is 0 Å². The first-order chi connectivity index (χ1) is 7.71. The van der Waals surface area contributed by atoms with Gasteiger partial charge in [0.25, 0.3) is 0 Å². The molecular formula is C12H17NO2S. The van der Waals surface area contributed by atoms with Crippen molar-refractivity contribution in [1.82, 2.24) is 0 Å². The molecule has 0 saturated carbocycles. The minimum absolute atomic E-state index is 0.239. The number of thioether (sulfide) groups is 1. The van der Waals surface area contributed by atoms with Crippen LogP contribution in [0.25, 0.3) is 0 Å². The van der Waals surface area contributed by atoms with Crippen molar-refractivity contribution in [2.45, 2.75) is 11.3 Å². The highest BCUT2D eigenvalue weighted by molar-refractivity contribution is 7.98. The van der Waals surface area contributed by atoms with Gasteiger partial charge in [-0.05, 0) is 30.4 Å². The first-order valence-corrected chi connectivity index (χ1v) is 6.34. The summed E-state index contributed by atoms with van der Waals surface area (Å²) >= 11 is 1.68. The topological polar surface area (TPSA) is 52.3 Å². The van der Waals surface area contributed by atoms with Crippen molar-refractivity contribution in [2.24, 2.45) is 11.7 Å². The van der Waals surface area contributed by atoms with Gasteiger partial charge in [0, 0.05) is 11.4 Å². The summed E-state index contributed by atoms with van der Waals surface area (Å²) in [6.45, 7) is 0.316. The van der Waals surface area contributed by atoms with E-state index < -0.39 is 0 Å². The first-order valence-electron chi connectivity index (χ1n) is 5.12. The second kappa shape index (κ2) is 6.55. The molecule has 88 valence electrons. The molecule has 4 heteroatoms. The molecule has 0 spiro atoms. The molecule has 0 radical (unpaired) electrons. The summed E-state index contributed by atoms with van der Waals surface area (Å²) in [4.78, 5) is 12.6. The summed E-state index contributed by atoms with van der Waals surface area (Å²) in [5.74, 6) is -0.487. The van der Waals surface area contributed by atoms with Crippen molar-refractivity contribution < 1.29 is 9.53 Å². The monoisotopic (exact) mass is 239 g/mol. The number of hydrogen-bond donors (Lipinski definition) is 1. The summed E-state index contributed by atoms with van der Waals surface area (Å²) in [6.07, 6.45) is 2.66. The van der Waals surface area contributed by atoms with E-state index in [-0.39, 0.29) is 11.9 Å². The number of hydrogen-bond acceptors (Lipinski definition) is 4. The predicted molar refractivity (Wildman–Crippen MR) is 66.5 cm³/mol. The van der Waals surface area contributed by atoms with E-state index in [4.69, 9.17) is 10.5 Å². The van der Waals surface area contributed by atoms with E-state index in [0.717, 1.165) is 5.56 Å². The highest BCUT2D eigenvalue weighted by Gasteiger charge is 2.17. The van der Waals surface area contributed by atoms with Gasteiger partial charge in [0.1, 0.15) is 0 Å². The molecule has 0 fully saturated rings. The number of esters is 1. The van der Waals surface area contributed by atoms with Crippen LogP contribution in [0.3, 0.4) is 0 Å². The van der Waals surface area contributed by atoms with Crippen LogP contribution >= 0.6 is 11.8 Å². The summed E-state index contributed by atoms with van der Waals surface area (Å²) in [6, 6.07) is 8.12. The van der Waals surface area contributed by atoms with Gasteiger partial charge in [-0.15, -0.1) is 11.8 Å². The maximum Gasteiger partial charge on any atom is 0.310 e. The summed E-state index contributed by atoms with van der Waals surface area (Å²) < 4.78 is 4.71. The molecule has 0 aliphatic heterocycles. The van der Waals surface area contributed by atoms with E-state index in [1.807, 2.05) is 24.5 Å². The normalized spacial score (nSPS) is 12.2. The van der Waals surface area contributed by atoms with Gasteiger partial charge < -0.3 is 10.5 Å². The molecule has 1 unspecified atom stereocenters. The third-order valence-electron chi connectivity index (χ3n) is 2.44. The van der Waals surface area contributed by atoms with Gasteiger partial charge in [0.05, 0.1) is 13.0 Å². The average molecular weight is 239 g/mol. The van der Waals surface area contributed by atoms with Crippen molar-refractivity contribution >= 4 is 17.7 Å². The van der Waals surface area contributed by atoms with Crippen molar-refractivity contribution in [3.8, 4) is 0 Å². The van der Waals surface area contributed by atoms with Crippen LogP contribution in [0.5, 0.6) is 0 Å². The summed E-state index contributed by atoms with van der Waals surface area (Å²) in [5, 5.41) is 0. The Morgan fingerprint density at radius 2 is 2.31 bits per heavy atom. The fraction of sp³-hybridized carbons (Fsp3) is 0.417. The van der Waals surface area contributed by atoms with Crippen LogP contribution < -0.4 is 5.73 Å². The minimum Gasteiger partial charge on any atom is -0.469 e. The Balaban J connectivity index is 2.73. The molecule has 0 amide bonds. The number of rotatable bonds is 5. The van der Waals surface area contributed by atoms with Crippen LogP contribution in [0.4, 0.5) is 0 Å². The second-order valence-corrected chi connectivity index (χ2v) is 4.39. The van der Waals surface area contributed by atoms with Crippen molar-refractivity contribution in [2.75, 3.05) is 19.9 Å². The zero-order valence-electron chi connectivity index (χ0n) is 9.60. The van der Waals surface area contributed by atoms with Gasteiger partial charge in [0.2, 0.25) is 0 Å². The molecule has 0 aromatic heterocycles. The molecular weight excluding hydrogens is 222 g/mol. The van der Waals surface area contributed by atoms with Crippen molar-refractivity contribution in [3.63, 3.8) is 0 Å². The van der Waals surface area contributed by atoms with Crippen LogP contribution in [0.15, 0.2) is 29.2 Å². The van der Waals surface area contributed by atoms with Gasteiger partial charge in [-0.3, -0.25) is 4.79 Å². The Labute approximate surface area is 100 Å². The molecule has 0 saturated heterocycles. The molecule has 1 rings (SSSR count). The number of nitrogens with two attached hydrogens (primary N) is 1. The lowest BCUT2D eigenvalue weighted by Crippen LogP contribution is -2.26.